The molecule has 1 unspecified atom stereocenters. The molecule has 220 valence electrons. The predicted molar refractivity (Wildman–Crippen MR) is 163 cm³/mol. The Hall–Kier alpha value is -4.63. The molecule has 4 aromatic rings. The monoisotopic (exact) mass is 570 g/mol. The van der Waals surface area contributed by atoms with Crippen molar-refractivity contribution < 1.29 is 24.2 Å². The van der Waals surface area contributed by atoms with Crippen molar-refractivity contribution >= 4 is 35.0 Å². The summed E-state index contributed by atoms with van der Waals surface area (Å²) in [7, 11) is 1.75. The molecule has 0 aliphatic carbocycles. The summed E-state index contributed by atoms with van der Waals surface area (Å²) in [5.41, 5.74) is 8.46. The molecule has 1 atom stereocenters. The lowest BCUT2D eigenvalue weighted by Gasteiger charge is -2.27. The first-order chi connectivity index (χ1) is 20.4. The van der Waals surface area contributed by atoms with E-state index in [0.29, 0.717) is 62.5 Å². The van der Waals surface area contributed by atoms with E-state index in [1.807, 2.05) is 78.9 Å². The number of aliphatic carboxylic acids is 1. The van der Waals surface area contributed by atoms with E-state index in [9.17, 15) is 19.5 Å². The van der Waals surface area contributed by atoms with E-state index in [2.05, 4.69) is 0 Å². The first-order valence-electron chi connectivity index (χ1n) is 14.2. The van der Waals surface area contributed by atoms with Gasteiger partial charge in [0, 0.05) is 19.0 Å². The van der Waals surface area contributed by atoms with E-state index in [1.165, 1.54) is 4.90 Å². The number of carbonyl (C=O) groups is 3. The van der Waals surface area contributed by atoms with Gasteiger partial charge in [-0.15, -0.1) is 0 Å². The van der Waals surface area contributed by atoms with Crippen molar-refractivity contribution in [1.29, 1.82) is 0 Å². The minimum atomic E-state index is -1.12. The Morgan fingerprint density at radius 3 is 2.31 bits per heavy atom. The summed E-state index contributed by atoms with van der Waals surface area (Å²) in [5.74, 6) is -0.314. The molecule has 42 heavy (non-hydrogen) atoms. The number of hydrogen-bond acceptors (Lipinski definition) is 5. The second-order valence-electron chi connectivity index (χ2n) is 10.3. The van der Waals surface area contributed by atoms with Crippen LogP contribution in [0.2, 0.25) is 0 Å². The standard InChI is InChI=1S/C33H38N4O5/c1-35(19-17-25-10-4-2-5-11-25)32(39)22-36-29-16-15-28(42-23-26-12-6-3-7-13-26)20-27(29)21-31(36)37(24-38)30(33(40)41)14-8-9-18-34/h2-7,10-13,15-16,20-21,24,30H,8-9,14,17-19,22-23,34H2,1H3,(H,40,41). The van der Waals surface area contributed by atoms with Crippen molar-refractivity contribution in [3.05, 3.63) is 96.1 Å². The molecule has 9 heteroatoms. The van der Waals surface area contributed by atoms with Crippen molar-refractivity contribution in [2.45, 2.75) is 44.9 Å². The minimum Gasteiger partial charge on any atom is -0.489 e. The van der Waals surface area contributed by atoms with Crippen LogP contribution >= 0.6 is 0 Å². The quantitative estimate of drug-likeness (QED) is 0.152. The maximum atomic E-state index is 13.4. The summed E-state index contributed by atoms with van der Waals surface area (Å²) in [6, 6.07) is 25.9. The zero-order valence-corrected chi connectivity index (χ0v) is 23.9. The summed E-state index contributed by atoms with van der Waals surface area (Å²) in [6.07, 6.45) is 2.67. The zero-order valence-electron chi connectivity index (χ0n) is 23.9. The fourth-order valence-electron chi connectivity index (χ4n) is 4.92. The van der Waals surface area contributed by atoms with Gasteiger partial charge in [-0.2, -0.15) is 0 Å². The number of carboxylic acids is 1. The normalized spacial score (nSPS) is 11.7. The molecular weight excluding hydrogens is 532 g/mol. The Balaban J connectivity index is 1.64. The predicted octanol–water partition coefficient (Wildman–Crippen LogP) is 4.47. The molecule has 4 rings (SSSR count). The van der Waals surface area contributed by atoms with Crippen molar-refractivity contribution in [3.8, 4) is 5.75 Å². The highest BCUT2D eigenvalue weighted by atomic mass is 16.5. The molecule has 0 saturated carbocycles. The maximum Gasteiger partial charge on any atom is 0.326 e. The molecule has 0 fully saturated rings. The highest BCUT2D eigenvalue weighted by Gasteiger charge is 2.29. The lowest BCUT2D eigenvalue weighted by molar-refractivity contribution is -0.139. The molecule has 1 aromatic heterocycles. The van der Waals surface area contributed by atoms with E-state index in [1.54, 1.807) is 22.6 Å². The number of likely N-dealkylation sites (N-methyl/N-ethyl adjacent to an activating group) is 1. The van der Waals surface area contributed by atoms with Crippen molar-refractivity contribution in [3.63, 3.8) is 0 Å². The highest BCUT2D eigenvalue weighted by Crippen LogP contribution is 2.31. The second-order valence-corrected chi connectivity index (χ2v) is 10.3. The van der Waals surface area contributed by atoms with Gasteiger partial charge < -0.3 is 25.0 Å². The largest absolute Gasteiger partial charge is 0.489 e. The van der Waals surface area contributed by atoms with E-state index in [-0.39, 0.29) is 18.9 Å². The van der Waals surface area contributed by atoms with Crippen LogP contribution in [0.4, 0.5) is 5.82 Å². The number of nitrogens with two attached hydrogens (primary N) is 1. The van der Waals surface area contributed by atoms with Gasteiger partial charge >= 0.3 is 5.97 Å². The van der Waals surface area contributed by atoms with Crippen molar-refractivity contribution in [1.82, 2.24) is 9.47 Å². The van der Waals surface area contributed by atoms with E-state index in [0.717, 1.165) is 16.5 Å². The molecule has 9 nitrogen and oxygen atoms in total. The number of ether oxygens (including phenoxy) is 1. The molecule has 1 heterocycles. The average molecular weight is 571 g/mol. The Morgan fingerprint density at radius 1 is 0.976 bits per heavy atom. The minimum absolute atomic E-state index is 0.0617. The lowest BCUT2D eigenvalue weighted by Crippen LogP contribution is -2.42. The number of unbranched alkanes of at least 4 members (excludes halogenated alkanes) is 1. The molecule has 0 aliphatic heterocycles. The topological polar surface area (TPSA) is 118 Å². The number of nitrogens with zero attached hydrogens (tertiary/aromatic N) is 3. The summed E-state index contributed by atoms with van der Waals surface area (Å²) >= 11 is 0. The number of anilines is 1. The van der Waals surface area contributed by atoms with Gasteiger partial charge in [-0.05, 0) is 67.6 Å². The van der Waals surface area contributed by atoms with E-state index >= 15 is 0 Å². The fourth-order valence-corrected chi connectivity index (χ4v) is 4.92. The number of fused-ring (bicyclic) bond motifs is 1. The lowest BCUT2D eigenvalue weighted by atomic mass is 10.1. The van der Waals surface area contributed by atoms with Gasteiger partial charge in [0.05, 0.1) is 5.52 Å². The third-order valence-corrected chi connectivity index (χ3v) is 7.33. The third-order valence-electron chi connectivity index (χ3n) is 7.33. The van der Waals surface area contributed by atoms with E-state index < -0.39 is 12.0 Å². The first kappa shape index (κ1) is 30.3. The molecule has 2 amide bonds. The van der Waals surface area contributed by atoms with Crippen LogP contribution < -0.4 is 15.4 Å². The third kappa shape index (κ3) is 7.76. The maximum absolute atomic E-state index is 13.4. The highest BCUT2D eigenvalue weighted by molar-refractivity contribution is 5.94. The summed E-state index contributed by atoms with van der Waals surface area (Å²) in [5, 5.41) is 10.8. The summed E-state index contributed by atoms with van der Waals surface area (Å²) in [6.45, 7) is 1.27. The smallest absolute Gasteiger partial charge is 0.326 e. The van der Waals surface area contributed by atoms with Gasteiger partial charge in [0.15, 0.2) is 0 Å². The number of hydrogen-bond donors (Lipinski definition) is 2. The van der Waals surface area contributed by atoms with Gasteiger partial charge in [-0.25, -0.2) is 4.79 Å². The van der Waals surface area contributed by atoms with Crippen LogP contribution in [-0.2, 0) is 34.0 Å². The molecule has 0 bridgehead atoms. The Kier molecular flexibility index (Phi) is 10.7. The molecular formula is C33H38N4O5. The molecule has 3 aromatic carbocycles. The number of carboxylic acid groups (broad SMARTS) is 1. The Labute approximate surface area is 246 Å². The second kappa shape index (κ2) is 14.8. The molecule has 0 aliphatic rings. The van der Waals surface area contributed by atoms with Crippen LogP contribution in [0.25, 0.3) is 10.9 Å². The SMILES string of the molecule is CN(CCc1ccccc1)C(=O)Cn1c(N(C=O)C(CCCCN)C(=O)O)cc2cc(OCc3ccccc3)ccc21. The van der Waals surface area contributed by atoms with E-state index in [4.69, 9.17) is 10.5 Å². The summed E-state index contributed by atoms with van der Waals surface area (Å²) in [4.78, 5) is 41.0. The van der Waals surface area contributed by atoms with Gasteiger partial charge in [-0.3, -0.25) is 14.5 Å². The van der Waals surface area contributed by atoms with Crippen LogP contribution in [0.1, 0.15) is 30.4 Å². The van der Waals surface area contributed by atoms with Gasteiger partial charge in [0.1, 0.15) is 30.8 Å². The zero-order chi connectivity index (χ0) is 29.9. The van der Waals surface area contributed by atoms with Crippen LogP contribution in [0, 0.1) is 0 Å². The van der Waals surface area contributed by atoms with Crippen LogP contribution in [-0.4, -0.2) is 59.0 Å². The van der Waals surface area contributed by atoms with Gasteiger partial charge in [0.2, 0.25) is 12.3 Å². The van der Waals surface area contributed by atoms with Crippen molar-refractivity contribution in [2.75, 3.05) is 25.0 Å². The number of rotatable bonds is 16. The number of amides is 2. The number of benzene rings is 3. The fraction of sp³-hybridized carbons (Fsp3) is 0.303. The van der Waals surface area contributed by atoms with Crippen molar-refractivity contribution in [2.24, 2.45) is 5.73 Å². The number of aromatic nitrogens is 1. The van der Waals surface area contributed by atoms with Gasteiger partial charge in [-0.1, -0.05) is 60.7 Å². The first-order valence-corrected chi connectivity index (χ1v) is 14.2. The molecule has 0 saturated heterocycles. The Morgan fingerprint density at radius 2 is 1.67 bits per heavy atom. The number of carbonyl (C=O) groups excluding carboxylic acids is 2. The summed E-state index contributed by atoms with van der Waals surface area (Å²) < 4.78 is 7.72. The van der Waals surface area contributed by atoms with Gasteiger partial charge in [0.25, 0.3) is 0 Å². The molecule has 0 radical (unpaired) electrons. The Bertz CT molecular complexity index is 1470. The average Bonchev–Trinajstić information content (AvgIpc) is 3.36. The molecule has 0 spiro atoms. The molecule has 3 N–H and O–H groups in total. The van der Waals surface area contributed by atoms with Crippen LogP contribution in [0.3, 0.4) is 0 Å². The van der Waals surface area contributed by atoms with Crippen LogP contribution in [0.15, 0.2) is 84.9 Å². The van der Waals surface area contributed by atoms with Crippen LogP contribution in [0.5, 0.6) is 5.75 Å².